The summed E-state index contributed by atoms with van der Waals surface area (Å²) in [5, 5.41) is 4.08. The van der Waals surface area contributed by atoms with Crippen molar-refractivity contribution in [3.63, 3.8) is 0 Å². The smallest absolute Gasteiger partial charge is 0.228 e. The molecule has 0 bridgehead atoms. The number of furan rings is 1. The highest BCUT2D eigenvalue weighted by molar-refractivity contribution is 5.83. The molecule has 0 saturated carbocycles. The summed E-state index contributed by atoms with van der Waals surface area (Å²) in [5.74, 6) is 0.769. The summed E-state index contributed by atoms with van der Waals surface area (Å²) >= 11 is 0. The highest BCUT2D eigenvalue weighted by Gasteiger charge is 2.34. The molecule has 0 aliphatic carbocycles. The molecule has 0 spiro atoms. The van der Waals surface area contributed by atoms with E-state index in [2.05, 4.69) is 5.32 Å². The van der Waals surface area contributed by atoms with Crippen molar-refractivity contribution >= 4 is 16.9 Å². The van der Waals surface area contributed by atoms with E-state index in [9.17, 15) is 4.79 Å². The maximum atomic E-state index is 12.5. The van der Waals surface area contributed by atoms with Crippen LogP contribution in [0.2, 0.25) is 0 Å². The number of carbonyl (C=O) groups is 1. The maximum Gasteiger partial charge on any atom is 0.228 e. The lowest BCUT2D eigenvalue weighted by atomic mass is 9.81. The SMILES string of the molecule is CCC(CC)(CN)C(=O)NC(C)c1cc2ccccc2o1. The Morgan fingerprint density at radius 1 is 1.33 bits per heavy atom. The molecule has 0 aliphatic rings. The number of nitrogens with one attached hydrogen (secondary N) is 1. The summed E-state index contributed by atoms with van der Waals surface area (Å²) < 4.78 is 5.80. The molecule has 2 rings (SSSR count). The van der Waals surface area contributed by atoms with Crippen molar-refractivity contribution in [2.75, 3.05) is 6.54 Å². The molecule has 4 heteroatoms. The lowest BCUT2D eigenvalue weighted by molar-refractivity contribution is -0.131. The van der Waals surface area contributed by atoms with Crippen LogP contribution >= 0.6 is 0 Å². The van der Waals surface area contributed by atoms with Crippen LogP contribution in [0.3, 0.4) is 0 Å². The zero-order chi connectivity index (χ0) is 15.5. The number of amides is 1. The van der Waals surface area contributed by atoms with Gasteiger partial charge < -0.3 is 15.5 Å². The predicted molar refractivity (Wildman–Crippen MR) is 84.8 cm³/mol. The first-order valence-electron chi connectivity index (χ1n) is 7.55. The molecule has 0 saturated heterocycles. The average Bonchev–Trinajstić information content (AvgIpc) is 2.93. The van der Waals surface area contributed by atoms with E-state index in [1.54, 1.807) is 0 Å². The summed E-state index contributed by atoms with van der Waals surface area (Å²) in [6.07, 6.45) is 1.47. The maximum absolute atomic E-state index is 12.5. The lowest BCUT2D eigenvalue weighted by Crippen LogP contribution is -2.45. The quantitative estimate of drug-likeness (QED) is 0.856. The molecule has 21 heavy (non-hydrogen) atoms. The van der Waals surface area contributed by atoms with Gasteiger partial charge in [0.2, 0.25) is 5.91 Å². The third-order valence-electron chi connectivity index (χ3n) is 4.44. The molecule has 114 valence electrons. The van der Waals surface area contributed by atoms with Crippen molar-refractivity contribution in [3.05, 3.63) is 36.1 Å². The second-order valence-electron chi connectivity index (χ2n) is 5.57. The number of fused-ring (bicyclic) bond motifs is 1. The number of nitrogens with two attached hydrogens (primary N) is 1. The Morgan fingerprint density at radius 2 is 2.00 bits per heavy atom. The Morgan fingerprint density at radius 3 is 2.57 bits per heavy atom. The molecule has 1 unspecified atom stereocenters. The van der Waals surface area contributed by atoms with Gasteiger partial charge in [-0.05, 0) is 31.9 Å². The molecule has 1 amide bonds. The van der Waals surface area contributed by atoms with Crippen LogP contribution in [0.5, 0.6) is 0 Å². The van der Waals surface area contributed by atoms with Gasteiger partial charge in [0.1, 0.15) is 11.3 Å². The molecule has 1 atom stereocenters. The summed E-state index contributed by atoms with van der Waals surface area (Å²) in [5.41, 5.74) is 6.17. The number of hydrogen-bond donors (Lipinski definition) is 2. The fourth-order valence-electron chi connectivity index (χ4n) is 2.59. The molecule has 4 nitrogen and oxygen atoms in total. The number of para-hydroxylation sites is 1. The van der Waals surface area contributed by atoms with Crippen molar-refractivity contribution in [2.24, 2.45) is 11.1 Å². The van der Waals surface area contributed by atoms with Crippen LogP contribution in [-0.2, 0) is 4.79 Å². The van der Waals surface area contributed by atoms with Crippen LogP contribution in [0, 0.1) is 5.41 Å². The van der Waals surface area contributed by atoms with Gasteiger partial charge in [0.25, 0.3) is 0 Å². The number of hydrogen-bond acceptors (Lipinski definition) is 3. The van der Waals surface area contributed by atoms with Crippen LogP contribution in [0.25, 0.3) is 11.0 Å². The molecule has 0 fully saturated rings. The molecule has 1 heterocycles. The van der Waals surface area contributed by atoms with Gasteiger partial charge in [-0.25, -0.2) is 0 Å². The zero-order valence-electron chi connectivity index (χ0n) is 13.0. The van der Waals surface area contributed by atoms with Gasteiger partial charge in [-0.2, -0.15) is 0 Å². The third kappa shape index (κ3) is 2.95. The fraction of sp³-hybridized carbons (Fsp3) is 0.471. The van der Waals surface area contributed by atoms with Crippen LogP contribution in [0.15, 0.2) is 34.7 Å². The molecular formula is C17H24N2O2. The minimum atomic E-state index is -0.486. The Labute approximate surface area is 125 Å². The summed E-state index contributed by atoms with van der Waals surface area (Å²) in [7, 11) is 0. The normalized spacial score (nSPS) is 13.3. The van der Waals surface area contributed by atoms with E-state index in [4.69, 9.17) is 10.2 Å². The Bertz CT molecular complexity index is 573. The first-order valence-corrected chi connectivity index (χ1v) is 7.55. The molecule has 3 N–H and O–H groups in total. The topological polar surface area (TPSA) is 68.3 Å². The van der Waals surface area contributed by atoms with Gasteiger partial charge in [-0.1, -0.05) is 32.0 Å². The van der Waals surface area contributed by atoms with Crippen molar-refractivity contribution in [2.45, 2.75) is 39.7 Å². The monoisotopic (exact) mass is 288 g/mol. The van der Waals surface area contributed by atoms with Crippen LogP contribution in [0.1, 0.15) is 45.4 Å². The van der Waals surface area contributed by atoms with E-state index in [1.165, 1.54) is 0 Å². The number of carbonyl (C=O) groups excluding carboxylic acids is 1. The predicted octanol–water partition coefficient (Wildman–Crippen LogP) is 3.38. The molecular weight excluding hydrogens is 264 g/mol. The first-order chi connectivity index (χ1) is 10.1. The van der Waals surface area contributed by atoms with Crippen molar-refractivity contribution in [1.82, 2.24) is 5.32 Å². The first kappa shape index (κ1) is 15.6. The summed E-state index contributed by atoms with van der Waals surface area (Å²) in [4.78, 5) is 12.5. The zero-order valence-corrected chi connectivity index (χ0v) is 13.0. The van der Waals surface area contributed by atoms with Crippen molar-refractivity contribution < 1.29 is 9.21 Å². The van der Waals surface area contributed by atoms with Crippen LogP contribution in [-0.4, -0.2) is 12.5 Å². The number of benzene rings is 1. The highest BCUT2D eigenvalue weighted by atomic mass is 16.3. The number of rotatable bonds is 6. The standard InChI is InChI=1S/C17H24N2O2/c1-4-17(5-2,11-18)16(20)19-12(3)15-10-13-8-6-7-9-14(13)21-15/h6-10,12H,4-5,11,18H2,1-3H3,(H,19,20). The average molecular weight is 288 g/mol. The van der Waals surface area contributed by atoms with Gasteiger partial charge in [0, 0.05) is 11.9 Å². The van der Waals surface area contributed by atoms with E-state index in [1.807, 2.05) is 51.1 Å². The summed E-state index contributed by atoms with van der Waals surface area (Å²) in [6.45, 7) is 6.30. The van der Waals surface area contributed by atoms with E-state index in [0.717, 1.165) is 29.6 Å². The largest absolute Gasteiger partial charge is 0.459 e. The van der Waals surface area contributed by atoms with E-state index in [-0.39, 0.29) is 11.9 Å². The second kappa shape index (κ2) is 6.31. The molecule has 1 aromatic heterocycles. The van der Waals surface area contributed by atoms with Gasteiger partial charge in [0.05, 0.1) is 11.5 Å². The molecule has 0 aliphatic heterocycles. The fourth-order valence-corrected chi connectivity index (χ4v) is 2.59. The van der Waals surface area contributed by atoms with Crippen LogP contribution in [0.4, 0.5) is 0 Å². The van der Waals surface area contributed by atoms with Gasteiger partial charge in [-0.3, -0.25) is 4.79 Å². The minimum absolute atomic E-state index is 0.00274. The van der Waals surface area contributed by atoms with Crippen LogP contribution < -0.4 is 11.1 Å². The molecule has 0 radical (unpaired) electrons. The van der Waals surface area contributed by atoms with E-state index in [0.29, 0.717) is 6.54 Å². The van der Waals surface area contributed by atoms with E-state index >= 15 is 0 Å². The Balaban J connectivity index is 2.17. The second-order valence-corrected chi connectivity index (χ2v) is 5.57. The van der Waals surface area contributed by atoms with Gasteiger partial charge in [0.15, 0.2) is 0 Å². The minimum Gasteiger partial charge on any atom is -0.459 e. The molecule has 1 aromatic carbocycles. The Kier molecular flexibility index (Phi) is 4.68. The lowest BCUT2D eigenvalue weighted by Gasteiger charge is -2.29. The van der Waals surface area contributed by atoms with Gasteiger partial charge in [-0.15, -0.1) is 0 Å². The highest BCUT2D eigenvalue weighted by Crippen LogP contribution is 2.28. The van der Waals surface area contributed by atoms with Crippen molar-refractivity contribution in [3.8, 4) is 0 Å². The van der Waals surface area contributed by atoms with Gasteiger partial charge >= 0.3 is 0 Å². The molecule has 2 aromatic rings. The Hall–Kier alpha value is -1.81. The van der Waals surface area contributed by atoms with E-state index < -0.39 is 5.41 Å². The summed E-state index contributed by atoms with van der Waals surface area (Å²) in [6, 6.07) is 9.64. The third-order valence-corrected chi connectivity index (χ3v) is 4.44. The van der Waals surface area contributed by atoms with Crippen molar-refractivity contribution in [1.29, 1.82) is 0 Å².